The lowest BCUT2D eigenvalue weighted by Gasteiger charge is -2.17. The van der Waals surface area contributed by atoms with Crippen molar-refractivity contribution in [1.29, 1.82) is 0 Å². The van der Waals surface area contributed by atoms with Crippen molar-refractivity contribution >= 4 is 11.8 Å². The molecule has 1 unspecified atom stereocenters. The molecule has 1 saturated heterocycles. The molecule has 1 aliphatic rings. The summed E-state index contributed by atoms with van der Waals surface area (Å²) < 4.78 is 1.13. The minimum Gasteiger partial charge on any atom is -0.395 e. The van der Waals surface area contributed by atoms with Crippen molar-refractivity contribution in [1.82, 2.24) is 9.55 Å². The van der Waals surface area contributed by atoms with Crippen LogP contribution >= 0.6 is 11.8 Å². The van der Waals surface area contributed by atoms with Crippen molar-refractivity contribution in [3.63, 3.8) is 0 Å². The van der Waals surface area contributed by atoms with Crippen LogP contribution in [0.2, 0.25) is 0 Å². The highest BCUT2D eigenvalue weighted by atomic mass is 32.2. The van der Waals surface area contributed by atoms with Gasteiger partial charge in [-0.15, -0.1) is 11.8 Å². The van der Waals surface area contributed by atoms with E-state index in [9.17, 15) is 19.8 Å². The lowest BCUT2D eigenvalue weighted by molar-refractivity contribution is 0.0101. The van der Waals surface area contributed by atoms with Crippen molar-refractivity contribution in [2.24, 2.45) is 0 Å². The zero-order valence-corrected chi connectivity index (χ0v) is 9.50. The molecule has 1 aliphatic heterocycles. The third kappa shape index (κ3) is 2.16. The van der Waals surface area contributed by atoms with Gasteiger partial charge in [-0.1, -0.05) is 0 Å². The maximum Gasteiger partial charge on any atom is 0.329 e. The van der Waals surface area contributed by atoms with Crippen LogP contribution in [0.4, 0.5) is 0 Å². The molecule has 94 valence electrons. The summed E-state index contributed by atoms with van der Waals surface area (Å²) in [4.78, 5) is 24.5. The second kappa shape index (κ2) is 4.65. The molecular weight excluding hydrogens is 248 g/mol. The third-order valence-electron chi connectivity index (χ3n) is 2.64. The smallest absolute Gasteiger partial charge is 0.329 e. The Hall–Kier alpha value is -1.09. The van der Waals surface area contributed by atoms with E-state index in [1.165, 1.54) is 6.20 Å². The highest BCUT2D eigenvalue weighted by Crippen LogP contribution is 2.40. The summed E-state index contributed by atoms with van der Waals surface area (Å²) in [6, 6.07) is 1.16. The summed E-state index contributed by atoms with van der Waals surface area (Å²) >= 11 is 1.09. The van der Waals surface area contributed by atoms with Crippen LogP contribution in [0.3, 0.4) is 0 Å². The van der Waals surface area contributed by atoms with Crippen molar-refractivity contribution in [2.75, 3.05) is 6.61 Å². The van der Waals surface area contributed by atoms with Gasteiger partial charge in [0.25, 0.3) is 5.56 Å². The van der Waals surface area contributed by atoms with Gasteiger partial charge in [-0.05, 0) is 0 Å². The number of hydrogen-bond donors (Lipinski definition) is 4. The van der Waals surface area contributed by atoms with Gasteiger partial charge in [0.05, 0.1) is 18.0 Å². The van der Waals surface area contributed by atoms with E-state index < -0.39 is 34.1 Å². The van der Waals surface area contributed by atoms with Crippen molar-refractivity contribution < 1.29 is 15.3 Å². The third-order valence-corrected chi connectivity index (χ3v) is 4.20. The molecule has 0 saturated carbocycles. The molecule has 0 aliphatic carbocycles. The molecule has 4 atom stereocenters. The first-order chi connectivity index (χ1) is 8.04. The number of rotatable bonds is 2. The topological polar surface area (TPSA) is 116 Å². The van der Waals surface area contributed by atoms with Crippen LogP contribution in [-0.4, -0.2) is 48.9 Å². The summed E-state index contributed by atoms with van der Waals surface area (Å²) in [5, 5.41) is 27.1. The fourth-order valence-electron chi connectivity index (χ4n) is 1.74. The molecule has 1 aromatic heterocycles. The molecule has 0 amide bonds. The number of aromatic amines is 1. The maximum absolute atomic E-state index is 11.5. The molecule has 0 spiro atoms. The van der Waals surface area contributed by atoms with Gasteiger partial charge >= 0.3 is 5.69 Å². The minimum atomic E-state index is -1.17. The zero-order chi connectivity index (χ0) is 12.6. The highest BCUT2D eigenvalue weighted by molar-refractivity contribution is 8.00. The average molecular weight is 260 g/mol. The molecule has 17 heavy (non-hydrogen) atoms. The van der Waals surface area contributed by atoms with Crippen LogP contribution in [0.5, 0.6) is 0 Å². The van der Waals surface area contributed by atoms with Gasteiger partial charge in [0, 0.05) is 12.3 Å². The number of thioether (sulfide) groups is 1. The number of aliphatic hydroxyl groups excluding tert-OH is 3. The number of hydrogen-bond acceptors (Lipinski definition) is 6. The molecule has 2 heterocycles. The fraction of sp³-hybridized carbons (Fsp3) is 0.556. The van der Waals surface area contributed by atoms with Gasteiger partial charge < -0.3 is 15.3 Å². The zero-order valence-electron chi connectivity index (χ0n) is 8.68. The minimum absolute atomic E-state index is 0.294. The van der Waals surface area contributed by atoms with Gasteiger partial charge in [-0.25, -0.2) is 4.79 Å². The second-order valence-electron chi connectivity index (χ2n) is 3.75. The van der Waals surface area contributed by atoms with E-state index in [4.69, 9.17) is 5.11 Å². The summed E-state index contributed by atoms with van der Waals surface area (Å²) in [7, 11) is 0. The molecule has 0 bridgehead atoms. The highest BCUT2D eigenvalue weighted by Gasteiger charge is 2.43. The molecule has 2 rings (SSSR count). The molecule has 0 radical (unpaired) electrons. The van der Waals surface area contributed by atoms with E-state index in [1.807, 2.05) is 0 Å². The van der Waals surface area contributed by atoms with Crippen LogP contribution in [-0.2, 0) is 0 Å². The number of nitrogens with one attached hydrogen (secondary N) is 1. The number of aromatic nitrogens is 2. The largest absolute Gasteiger partial charge is 0.395 e. The lowest BCUT2D eigenvalue weighted by atomic mass is 10.1. The van der Waals surface area contributed by atoms with Gasteiger partial charge in [0.1, 0.15) is 11.5 Å². The summed E-state index contributed by atoms with van der Waals surface area (Å²) in [5.74, 6) is 0. The normalized spacial score (nSPS) is 32.9. The summed E-state index contributed by atoms with van der Waals surface area (Å²) in [6.45, 7) is -0.294. The standard InChI is InChI=1S/C9H12N2O5S/c12-3-4-6(14)7(15)8(17-4)11-2-1-5(13)10-9(11)16/h1-2,4,6-8,12,14-15H,3H2,(H,10,13,16)/t4-,6+,7-,8?/m1/s1. The van der Waals surface area contributed by atoms with E-state index in [-0.39, 0.29) is 6.61 Å². The monoisotopic (exact) mass is 260 g/mol. The predicted molar refractivity (Wildman–Crippen MR) is 60.8 cm³/mol. The fourth-order valence-corrected chi connectivity index (χ4v) is 3.12. The Kier molecular flexibility index (Phi) is 3.38. The van der Waals surface area contributed by atoms with Crippen molar-refractivity contribution in [2.45, 2.75) is 22.8 Å². The van der Waals surface area contributed by atoms with Crippen LogP contribution in [0.15, 0.2) is 21.9 Å². The number of nitrogens with zero attached hydrogens (tertiary/aromatic N) is 1. The van der Waals surface area contributed by atoms with Gasteiger partial charge in [0.2, 0.25) is 0 Å². The van der Waals surface area contributed by atoms with E-state index >= 15 is 0 Å². The van der Waals surface area contributed by atoms with Crippen LogP contribution in [0.1, 0.15) is 5.37 Å². The van der Waals surface area contributed by atoms with E-state index in [2.05, 4.69) is 4.98 Å². The number of H-pyrrole nitrogens is 1. The second-order valence-corrected chi connectivity index (χ2v) is 5.11. The Labute approximate surface area is 99.7 Å². The van der Waals surface area contributed by atoms with Crippen molar-refractivity contribution in [3.8, 4) is 0 Å². The Morgan fingerprint density at radius 1 is 1.35 bits per heavy atom. The van der Waals surface area contributed by atoms with E-state index in [1.54, 1.807) is 0 Å². The van der Waals surface area contributed by atoms with E-state index in [0.29, 0.717) is 0 Å². The lowest BCUT2D eigenvalue weighted by Crippen LogP contribution is -2.37. The molecule has 4 N–H and O–H groups in total. The predicted octanol–water partition coefficient (Wildman–Crippen LogP) is -2.14. The van der Waals surface area contributed by atoms with Gasteiger partial charge in [-0.2, -0.15) is 0 Å². The maximum atomic E-state index is 11.5. The Bertz CT molecular complexity index is 513. The first-order valence-electron chi connectivity index (χ1n) is 4.98. The first-order valence-corrected chi connectivity index (χ1v) is 5.93. The van der Waals surface area contributed by atoms with Crippen LogP contribution < -0.4 is 11.2 Å². The summed E-state index contributed by atoms with van der Waals surface area (Å²) in [6.07, 6.45) is -1.01. The molecule has 7 nitrogen and oxygen atoms in total. The first kappa shape index (κ1) is 12.4. The molecule has 0 aromatic carbocycles. The molecule has 1 aromatic rings. The Balaban J connectivity index is 2.35. The average Bonchev–Trinajstić information content (AvgIpc) is 2.57. The molecule has 1 fully saturated rings. The number of aliphatic hydroxyl groups is 3. The quantitative estimate of drug-likeness (QED) is 0.482. The Morgan fingerprint density at radius 2 is 2.06 bits per heavy atom. The molecular formula is C9H12N2O5S. The van der Waals surface area contributed by atoms with Crippen LogP contribution in [0.25, 0.3) is 0 Å². The van der Waals surface area contributed by atoms with Gasteiger partial charge in [0.15, 0.2) is 0 Å². The Morgan fingerprint density at radius 3 is 2.59 bits per heavy atom. The molecule has 8 heteroatoms. The van der Waals surface area contributed by atoms with E-state index in [0.717, 1.165) is 22.4 Å². The van der Waals surface area contributed by atoms with Gasteiger partial charge in [-0.3, -0.25) is 14.3 Å². The summed E-state index contributed by atoms with van der Waals surface area (Å²) in [5.41, 5.74) is -1.18. The van der Waals surface area contributed by atoms with Crippen LogP contribution in [0, 0.1) is 0 Å². The SMILES string of the molecule is O=c1ccn(C2S[C@H](CO)[C@H](O)[C@H]2O)c(=O)[nH]1. The van der Waals surface area contributed by atoms with Crippen molar-refractivity contribution in [3.05, 3.63) is 33.1 Å².